The lowest BCUT2D eigenvalue weighted by atomic mass is 11.0. The average molecular weight is 103 g/mol. The molecule has 0 rings (SSSR count). The summed E-state index contributed by atoms with van der Waals surface area (Å²) < 4.78 is 10.2. The molecule has 0 aliphatic carbocycles. The summed E-state index contributed by atoms with van der Waals surface area (Å²) in [6.07, 6.45) is 0.721. The molecule has 0 aliphatic heterocycles. The predicted molar refractivity (Wildman–Crippen MR) is 28.3 cm³/mol. The standard InChI is InChI=1S/C4H8OP/c1-3-6(5)4-2/h3H,1,4H2,2H3/q+1. The third-order valence-electron chi connectivity index (χ3n) is 0.515. The van der Waals surface area contributed by atoms with Crippen molar-refractivity contribution < 1.29 is 4.57 Å². The van der Waals surface area contributed by atoms with Crippen LogP contribution in [0.4, 0.5) is 0 Å². The first-order valence-corrected chi connectivity index (χ1v) is 3.39. The Morgan fingerprint density at radius 2 is 2.50 bits per heavy atom. The summed E-state index contributed by atoms with van der Waals surface area (Å²) in [4.78, 5) is 0. The lowest BCUT2D eigenvalue weighted by Gasteiger charge is -1.59. The van der Waals surface area contributed by atoms with Crippen LogP contribution in [0.2, 0.25) is 0 Å². The van der Waals surface area contributed by atoms with E-state index in [9.17, 15) is 4.57 Å². The van der Waals surface area contributed by atoms with E-state index in [0.29, 0.717) is 0 Å². The van der Waals surface area contributed by atoms with E-state index in [0.717, 1.165) is 6.16 Å². The largest absolute Gasteiger partial charge is 0.368 e. The Hall–Kier alpha value is -0.160. The Kier molecular flexibility index (Phi) is 2.97. The van der Waals surface area contributed by atoms with Crippen molar-refractivity contribution in [1.29, 1.82) is 0 Å². The van der Waals surface area contributed by atoms with Gasteiger partial charge >= 0.3 is 7.80 Å². The van der Waals surface area contributed by atoms with Crippen molar-refractivity contribution in [1.82, 2.24) is 0 Å². The maximum atomic E-state index is 10.2. The highest BCUT2D eigenvalue weighted by molar-refractivity contribution is 7.48. The summed E-state index contributed by atoms with van der Waals surface area (Å²) in [7, 11) is -1.06. The van der Waals surface area contributed by atoms with E-state index in [1.165, 1.54) is 5.82 Å². The Labute approximate surface area is 38.8 Å². The molecule has 0 spiro atoms. The van der Waals surface area contributed by atoms with Crippen molar-refractivity contribution in [3.63, 3.8) is 0 Å². The van der Waals surface area contributed by atoms with Gasteiger partial charge in [-0.25, -0.2) is 0 Å². The van der Waals surface area contributed by atoms with Crippen LogP contribution >= 0.6 is 7.80 Å². The van der Waals surface area contributed by atoms with Crippen LogP contribution in [-0.4, -0.2) is 6.16 Å². The Morgan fingerprint density at radius 3 is 2.50 bits per heavy atom. The molecule has 1 nitrogen and oxygen atoms in total. The number of hydrogen-bond donors (Lipinski definition) is 0. The third kappa shape index (κ3) is 2.10. The minimum absolute atomic E-state index is 0.721. The van der Waals surface area contributed by atoms with Crippen LogP contribution in [0, 0.1) is 0 Å². The van der Waals surface area contributed by atoms with Crippen LogP contribution in [0.5, 0.6) is 0 Å². The second kappa shape index (κ2) is 3.05. The van der Waals surface area contributed by atoms with E-state index in [1.54, 1.807) is 0 Å². The normalized spacial score (nSPS) is 10.5. The molecule has 0 aromatic carbocycles. The molecule has 0 aromatic heterocycles. The topological polar surface area (TPSA) is 17.1 Å². The molecule has 1 atom stereocenters. The van der Waals surface area contributed by atoms with Crippen molar-refractivity contribution in [2.75, 3.05) is 6.16 Å². The zero-order chi connectivity index (χ0) is 4.99. The van der Waals surface area contributed by atoms with Crippen LogP contribution < -0.4 is 0 Å². The van der Waals surface area contributed by atoms with Gasteiger partial charge in [0.25, 0.3) is 0 Å². The van der Waals surface area contributed by atoms with Gasteiger partial charge in [-0.1, -0.05) is 11.1 Å². The zero-order valence-corrected chi connectivity index (χ0v) is 4.74. The van der Waals surface area contributed by atoms with Gasteiger partial charge in [0, 0.05) is 0 Å². The SMILES string of the molecule is C=C[P+](=O)CC. The highest BCUT2D eigenvalue weighted by Crippen LogP contribution is 2.18. The summed E-state index contributed by atoms with van der Waals surface area (Å²) in [5, 5.41) is 0. The van der Waals surface area contributed by atoms with Crippen LogP contribution in [0.3, 0.4) is 0 Å². The molecule has 0 saturated carbocycles. The molecular weight excluding hydrogens is 95.0 g/mol. The van der Waals surface area contributed by atoms with Crippen LogP contribution in [-0.2, 0) is 4.57 Å². The second-order valence-corrected chi connectivity index (χ2v) is 2.75. The molecule has 0 aliphatic rings. The predicted octanol–water partition coefficient (Wildman–Crippen LogP) is 1.98. The summed E-state index contributed by atoms with van der Waals surface area (Å²) >= 11 is 0. The van der Waals surface area contributed by atoms with E-state index in [1.807, 2.05) is 6.92 Å². The van der Waals surface area contributed by atoms with Gasteiger partial charge in [0.2, 0.25) is 0 Å². The summed E-state index contributed by atoms with van der Waals surface area (Å²) in [5.74, 6) is 1.48. The van der Waals surface area contributed by atoms with Crippen LogP contribution in [0.15, 0.2) is 12.4 Å². The molecule has 34 valence electrons. The molecule has 0 heterocycles. The Bertz CT molecular complexity index is 67.9. The van der Waals surface area contributed by atoms with Gasteiger partial charge in [-0.2, -0.15) is 0 Å². The molecule has 0 saturated heterocycles. The maximum absolute atomic E-state index is 10.2. The first kappa shape index (κ1) is 5.84. The van der Waals surface area contributed by atoms with Gasteiger partial charge in [-0.05, 0) is 6.92 Å². The molecule has 0 N–H and O–H groups in total. The Morgan fingerprint density at radius 1 is 2.00 bits per heavy atom. The first-order chi connectivity index (χ1) is 2.81. The third-order valence-corrected chi connectivity index (χ3v) is 1.55. The monoisotopic (exact) mass is 103 g/mol. The molecule has 0 bridgehead atoms. The highest BCUT2D eigenvalue weighted by Gasteiger charge is 1.99. The van der Waals surface area contributed by atoms with Gasteiger partial charge < -0.3 is 0 Å². The molecule has 0 aromatic rings. The highest BCUT2D eigenvalue weighted by atomic mass is 31.1. The van der Waals surface area contributed by atoms with Crippen LogP contribution in [0.1, 0.15) is 6.92 Å². The second-order valence-electron chi connectivity index (χ2n) is 0.916. The van der Waals surface area contributed by atoms with Gasteiger partial charge in [0.05, 0.1) is 0 Å². The summed E-state index contributed by atoms with van der Waals surface area (Å²) in [6, 6.07) is 0. The van der Waals surface area contributed by atoms with Gasteiger partial charge in [0.15, 0.2) is 0 Å². The fourth-order valence-corrected chi connectivity index (χ4v) is 0.387. The lowest BCUT2D eigenvalue weighted by molar-refractivity contribution is 0.593. The molecule has 0 amide bonds. The first-order valence-electron chi connectivity index (χ1n) is 1.87. The molecular formula is C4H8OP+. The maximum Gasteiger partial charge on any atom is 0.368 e. The quantitative estimate of drug-likeness (QED) is 0.488. The molecule has 1 unspecified atom stereocenters. The van der Waals surface area contributed by atoms with E-state index in [-0.39, 0.29) is 0 Å². The lowest BCUT2D eigenvalue weighted by Crippen LogP contribution is -1.54. The molecule has 2 heteroatoms. The minimum Gasteiger partial charge on any atom is -0.0688 e. The fourth-order valence-electron chi connectivity index (χ4n) is 0.129. The van der Waals surface area contributed by atoms with Crippen molar-refractivity contribution >= 4 is 7.80 Å². The smallest absolute Gasteiger partial charge is 0.0688 e. The number of rotatable bonds is 2. The average Bonchev–Trinajstić information content (AvgIpc) is 1.65. The zero-order valence-electron chi connectivity index (χ0n) is 3.85. The summed E-state index contributed by atoms with van der Waals surface area (Å²) in [5.41, 5.74) is 0. The van der Waals surface area contributed by atoms with Crippen molar-refractivity contribution in [2.24, 2.45) is 0 Å². The van der Waals surface area contributed by atoms with Gasteiger partial charge in [-0.15, -0.1) is 0 Å². The number of hydrogen-bond acceptors (Lipinski definition) is 1. The van der Waals surface area contributed by atoms with Gasteiger partial charge in [-0.3, -0.25) is 0 Å². The van der Waals surface area contributed by atoms with E-state index in [4.69, 9.17) is 0 Å². The van der Waals surface area contributed by atoms with Crippen LogP contribution in [0.25, 0.3) is 0 Å². The Balaban J connectivity index is 3.23. The van der Waals surface area contributed by atoms with Crippen molar-refractivity contribution in [3.05, 3.63) is 12.4 Å². The van der Waals surface area contributed by atoms with Crippen molar-refractivity contribution in [2.45, 2.75) is 6.92 Å². The molecule has 6 heavy (non-hydrogen) atoms. The summed E-state index contributed by atoms with van der Waals surface area (Å²) in [6.45, 7) is 5.22. The molecule has 0 radical (unpaired) electrons. The van der Waals surface area contributed by atoms with E-state index in [2.05, 4.69) is 6.58 Å². The minimum atomic E-state index is -1.06. The van der Waals surface area contributed by atoms with E-state index >= 15 is 0 Å². The van der Waals surface area contributed by atoms with Gasteiger partial charge in [0.1, 0.15) is 12.0 Å². The van der Waals surface area contributed by atoms with Crippen molar-refractivity contribution in [3.8, 4) is 0 Å². The van der Waals surface area contributed by atoms with E-state index < -0.39 is 7.80 Å². The fraction of sp³-hybridized carbons (Fsp3) is 0.500. The molecule has 0 fully saturated rings.